The van der Waals surface area contributed by atoms with Crippen molar-refractivity contribution in [2.75, 3.05) is 20.0 Å². The molecule has 0 aliphatic rings. The molecule has 0 aliphatic carbocycles. The highest BCUT2D eigenvalue weighted by molar-refractivity contribution is 5.90. The van der Waals surface area contributed by atoms with Crippen molar-refractivity contribution in [3.63, 3.8) is 0 Å². The van der Waals surface area contributed by atoms with E-state index in [0.717, 1.165) is 0 Å². The normalized spacial score (nSPS) is 11.1. The second-order valence-corrected chi connectivity index (χ2v) is 3.83. The van der Waals surface area contributed by atoms with E-state index in [1.165, 1.54) is 25.2 Å². The summed E-state index contributed by atoms with van der Waals surface area (Å²) in [5.41, 5.74) is 6.59. The fraction of sp³-hybridized carbons (Fsp3) is 0.333. The first-order valence-corrected chi connectivity index (χ1v) is 5.62. The van der Waals surface area contributed by atoms with E-state index < -0.39 is 6.29 Å². The topological polar surface area (TPSA) is 92.5 Å². The zero-order valence-electron chi connectivity index (χ0n) is 10.7. The minimum Gasteiger partial charge on any atom is -0.463 e. The highest BCUT2D eigenvalue weighted by Gasteiger charge is 2.20. The number of nitrogens with zero attached hydrogens (tertiary/aromatic N) is 2. The number of aldehydes is 1. The molecule has 102 valence electrons. The highest BCUT2D eigenvalue weighted by Crippen LogP contribution is 2.26. The zero-order valence-corrected chi connectivity index (χ0v) is 10.7. The molecular formula is C12H15N3O4. The lowest BCUT2D eigenvalue weighted by atomic mass is 10.2. The van der Waals surface area contributed by atoms with E-state index in [1.54, 1.807) is 12.1 Å². The van der Waals surface area contributed by atoms with Gasteiger partial charge in [0.15, 0.2) is 18.3 Å². The molecule has 2 heterocycles. The number of hydrogen-bond acceptors (Lipinski definition) is 6. The van der Waals surface area contributed by atoms with Crippen LogP contribution in [0.5, 0.6) is 0 Å². The van der Waals surface area contributed by atoms with Gasteiger partial charge in [-0.05, 0) is 12.1 Å². The van der Waals surface area contributed by atoms with Crippen molar-refractivity contribution in [1.82, 2.24) is 9.78 Å². The molecule has 2 aromatic rings. The molecule has 7 nitrogen and oxygen atoms in total. The van der Waals surface area contributed by atoms with E-state index in [4.69, 9.17) is 19.6 Å². The van der Waals surface area contributed by atoms with Crippen molar-refractivity contribution in [3.05, 3.63) is 24.0 Å². The van der Waals surface area contributed by atoms with Gasteiger partial charge in [0.2, 0.25) is 0 Å². The smallest absolute Gasteiger partial charge is 0.176 e. The molecule has 0 bridgehead atoms. The Morgan fingerprint density at radius 3 is 2.79 bits per heavy atom. The van der Waals surface area contributed by atoms with Crippen molar-refractivity contribution < 1.29 is 18.7 Å². The number of carbonyl (C=O) groups excluding carboxylic acids is 1. The number of aromatic nitrogens is 2. The molecule has 2 N–H and O–H groups in total. The summed E-state index contributed by atoms with van der Waals surface area (Å²) in [5.74, 6) is 0.736. The summed E-state index contributed by atoms with van der Waals surface area (Å²) in [6, 6.07) is 3.43. The highest BCUT2D eigenvalue weighted by atomic mass is 16.7. The van der Waals surface area contributed by atoms with Crippen LogP contribution in [0, 0.1) is 0 Å². The van der Waals surface area contributed by atoms with Gasteiger partial charge in [-0.1, -0.05) is 0 Å². The first-order valence-electron chi connectivity index (χ1n) is 5.62. The number of methoxy groups -OCH3 is 2. The van der Waals surface area contributed by atoms with Gasteiger partial charge in [0, 0.05) is 14.2 Å². The zero-order chi connectivity index (χ0) is 13.8. The van der Waals surface area contributed by atoms with Crippen molar-refractivity contribution in [2.24, 2.45) is 0 Å². The van der Waals surface area contributed by atoms with Gasteiger partial charge < -0.3 is 19.6 Å². The van der Waals surface area contributed by atoms with Crippen molar-refractivity contribution in [2.45, 2.75) is 12.8 Å². The lowest BCUT2D eigenvalue weighted by Gasteiger charge is -2.13. The first kappa shape index (κ1) is 13.3. The molecule has 2 aromatic heterocycles. The fourth-order valence-electron chi connectivity index (χ4n) is 1.73. The summed E-state index contributed by atoms with van der Waals surface area (Å²) < 4.78 is 16.9. The Balaban J connectivity index is 2.39. The molecule has 0 aliphatic heterocycles. The van der Waals surface area contributed by atoms with Gasteiger partial charge in [-0.3, -0.25) is 4.79 Å². The van der Waals surface area contributed by atoms with Crippen LogP contribution in [0.4, 0.5) is 5.82 Å². The third-order valence-electron chi connectivity index (χ3n) is 2.75. The minimum absolute atomic E-state index is 0.250. The summed E-state index contributed by atoms with van der Waals surface area (Å²) in [6.07, 6.45) is 1.67. The van der Waals surface area contributed by atoms with Crippen LogP contribution in [-0.2, 0) is 16.0 Å². The maximum Gasteiger partial charge on any atom is 0.176 e. The summed E-state index contributed by atoms with van der Waals surface area (Å²) in [5, 5.41) is 4.27. The number of carbonyl (C=O) groups is 1. The molecule has 0 unspecified atom stereocenters. The Morgan fingerprint density at radius 1 is 1.53 bits per heavy atom. The van der Waals surface area contributed by atoms with Gasteiger partial charge in [0.05, 0.1) is 18.4 Å². The van der Waals surface area contributed by atoms with Gasteiger partial charge >= 0.3 is 0 Å². The summed E-state index contributed by atoms with van der Waals surface area (Å²) in [6.45, 7) is 0.278. The number of rotatable bonds is 6. The maximum atomic E-state index is 11.1. The van der Waals surface area contributed by atoms with Gasteiger partial charge in [0.25, 0.3) is 0 Å². The van der Waals surface area contributed by atoms with E-state index in [9.17, 15) is 4.79 Å². The van der Waals surface area contributed by atoms with Gasteiger partial charge in [0.1, 0.15) is 11.5 Å². The Bertz CT molecular complexity index is 544. The summed E-state index contributed by atoms with van der Waals surface area (Å²) in [4.78, 5) is 11.1. The van der Waals surface area contributed by atoms with E-state index in [1.807, 2.05) is 0 Å². The average molecular weight is 265 g/mol. The lowest BCUT2D eigenvalue weighted by molar-refractivity contribution is -0.112. The number of nitrogens with two attached hydrogens (primary N) is 1. The molecule has 0 radical (unpaired) electrons. The number of furan rings is 1. The molecule has 0 fully saturated rings. The third kappa shape index (κ3) is 2.51. The fourth-order valence-corrected chi connectivity index (χ4v) is 1.73. The van der Waals surface area contributed by atoms with Crippen LogP contribution in [0.1, 0.15) is 10.4 Å². The molecule has 0 aromatic carbocycles. The number of hydrogen-bond donors (Lipinski definition) is 1. The quantitative estimate of drug-likeness (QED) is 0.622. The van der Waals surface area contributed by atoms with E-state index >= 15 is 0 Å². The average Bonchev–Trinajstić information content (AvgIpc) is 3.04. The Morgan fingerprint density at radius 2 is 2.26 bits per heavy atom. The Labute approximate surface area is 109 Å². The molecule has 2 rings (SSSR count). The Kier molecular flexibility index (Phi) is 3.98. The van der Waals surface area contributed by atoms with Crippen molar-refractivity contribution >= 4 is 12.1 Å². The van der Waals surface area contributed by atoms with E-state index in [0.29, 0.717) is 23.3 Å². The van der Waals surface area contributed by atoms with Crippen molar-refractivity contribution in [1.29, 1.82) is 0 Å². The molecule has 0 saturated carbocycles. The van der Waals surface area contributed by atoms with Crippen molar-refractivity contribution in [3.8, 4) is 11.5 Å². The number of ether oxygens (including phenoxy) is 2. The standard InChI is InChI=1S/C12H15N3O4/c1-17-10(18-2)6-15-12(13)8(7-16)11(14-15)9-4-3-5-19-9/h3-5,7,10H,6,13H2,1-2H3. The van der Waals surface area contributed by atoms with Crippen LogP contribution in [-0.4, -0.2) is 36.6 Å². The molecule has 0 saturated heterocycles. The van der Waals surface area contributed by atoms with Crippen LogP contribution in [0.25, 0.3) is 11.5 Å². The monoisotopic (exact) mass is 265 g/mol. The van der Waals surface area contributed by atoms with Crippen LogP contribution >= 0.6 is 0 Å². The molecule has 0 spiro atoms. The van der Waals surface area contributed by atoms with E-state index in [2.05, 4.69) is 5.10 Å². The van der Waals surface area contributed by atoms with Crippen LogP contribution in [0.15, 0.2) is 22.8 Å². The number of anilines is 1. The first-order chi connectivity index (χ1) is 9.21. The maximum absolute atomic E-state index is 11.1. The molecule has 0 amide bonds. The Hall–Kier alpha value is -2.12. The summed E-state index contributed by atoms with van der Waals surface area (Å²) in [7, 11) is 3.03. The largest absolute Gasteiger partial charge is 0.463 e. The van der Waals surface area contributed by atoms with Gasteiger partial charge in [-0.25, -0.2) is 4.68 Å². The van der Waals surface area contributed by atoms with Gasteiger partial charge in [-0.15, -0.1) is 0 Å². The minimum atomic E-state index is -0.494. The predicted octanol–water partition coefficient (Wildman–Crippen LogP) is 1.16. The number of nitrogen functional groups attached to an aromatic ring is 1. The van der Waals surface area contributed by atoms with Crippen LogP contribution < -0.4 is 5.73 Å². The van der Waals surface area contributed by atoms with E-state index in [-0.39, 0.29) is 12.4 Å². The molecule has 7 heteroatoms. The molecule has 0 atom stereocenters. The lowest BCUT2D eigenvalue weighted by Crippen LogP contribution is -2.22. The third-order valence-corrected chi connectivity index (χ3v) is 2.75. The molecule has 19 heavy (non-hydrogen) atoms. The SMILES string of the molecule is COC(Cn1nc(-c2ccco2)c(C=O)c1N)OC. The second kappa shape index (κ2) is 5.68. The summed E-state index contributed by atoms with van der Waals surface area (Å²) >= 11 is 0. The predicted molar refractivity (Wildman–Crippen MR) is 67.5 cm³/mol. The van der Waals surface area contributed by atoms with Crippen LogP contribution in [0.2, 0.25) is 0 Å². The molecular weight excluding hydrogens is 250 g/mol. The second-order valence-electron chi connectivity index (χ2n) is 3.83. The van der Waals surface area contributed by atoms with Gasteiger partial charge in [-0.2, -0.15) is 5.10 Å². The van der Waals surface area contributed by atoms with Crippen LogP contribution in [0.3, 0.4) is 0 Å².